The maximum Gasteiger partial charge on any atom is 0.0345 e. The number of rotatable bonds is 2. The molecule has 0 fully saturated rings. The molecule has 0 bridgehead atoms. The number of nitrogens with two attached hydrogens (primary N) is 1. The van der Waals surface area contributed by atoms with Gasteiger partial charge in [-0.25, -0.2) is 0 Å². The minimum absolute atomic E-state index is 0.737. The van der Waals surface area contributed by atoms with Gasteiger partial charge in [0, 0.05) is 4.70 Å². The molecule has 0 unspecified atom stereocenters. The van der Waals surface area contributed by atoms with Crippen LogP contribution in [-0.2, 0) is 6.42 Å². The fraction of sp³-hybridized carbons (Fsp3) is 0.333. The molecule has 0 aliphatic rings. The van der Waals surface area contributed by atoms with E-state index in [-0.39, 0.29) is 0 Å². The Kier molecular flexibility index (Phi) is 4.63. The zero-order valence-corrected chi connectivity index (χ0v) is 9.60. The lowest BCUT2D eigenvalue weighted by Crippen LogP contribution is -2.01. The molecule has 0 saturated carbocycles. The molecule has 76 valence electrons. The van der Waals surface area contributed by atoms with Crippen LogP contribution in [0.25, 0.3) is 10.1 Å². The average molecular weight is 207 g/mol. The Hall–Kier alpha value is -0.860. The Labute approximate surface area is 89.6 Å². The van der Waals surface area contributed by atoms with Crippen LogP contribution in [0.1, 0.15) is 19.4 Å². The van der Waals surface area contributed by atoms with E-state index in [1.165, 1.54) is 15.6 Å². The van der Waals surface area contributed by atoms with Gasteiger partial charge in [-0.15, -0.1) is 11.3 Å². The molecule has 0 aliphatic heterocycles. The van der Waals surface area contributed by atoms with Crippen molar-refractivity contribution in [3.63, 3.8) is 0 Å². The number of hydrogen-bond acceptors (Lipinski definition) is 2. The second kappa shape index (κ2) is 5.78. The Morgan fingerprint density at radius 3 is 2.64 bits per heavy atom. The Morgan fingerprint density at radius 1 is 1.21 bits per heavy atom. The van der Waals surface area contributed by atoms with E-state index in [1.807, 2.05) is 13.8 Å². The summed E-state index contributed by atoms with van der Waals surface area (Å²) in [5.74, 6) is 0. The minimum Gasteiger partial charge on any atom is -0.330 e. The van der Waals surface area contributed by atoms with Crippen LogP contribution in [0, 0.1) is 0 Å². The number of fused-ring (bicyclic) bond motifs is 1. The van der Waals surface area contributed by atoms with Crippen molar-refractivity contribution in [1.29, 1.82) is 0 Å². The molecule has 2 rings (SSSR count). The maximum absolute atomic E-state index is 5.52. The second-order valence-electron chi connectivity index (χ2n) is 2.80. The van der Waals surface area contributed by atoms with E-state index in [4.69, 9.17) is 5.73 Å². The van der Waals surface area contributed by atoms with E-state index in [0.717, 1.165) is 13.0 Å². The van der Waals surface area contributed by atoms with Gasteiger partial charge in [-0.1, -0.05) is 32.0 Å². The van der Waals surface area contributed by atoms with Crippen LogP contribution in [0.2, 0.25) is 0 Å². The van der Waals surface area contributed by atoms with E-state index in [1.54, 1.807) is 11.3 Å². The third-order valence-corrected chi connectivity index (χ3v) is 2.99. The molecule has 0 atom stereocenters. The van der Waals surface area contributed by atoms with Crippen LogP contribution in [0.15, 0.2) is 29.6 Å². The van der Waals surface area contributed by atoms with E-state index in [0.29, 0.717) is 0 Å². The van der Waals surface area contributed by atoms with Crippen molar-refractivity contribution in [1.82, 2.24) is 0 Å². The molecule has 1 heterocycles. The molecule has 0 spiro atoms. The highest BCUT2D eigenvalue weighted by molar-refractivity contribution is 7.17. The molecular weight excluding hydrogens is 190 g/mol. The molecule has 1 aromatic carbocycles. The third kappa shape index (κ3) is 2.34. The highest BCUT2D eigenvalue weighted by atomic mass is 32.1. The van der Waals surface area contributed by atoms with Crippen LogP contribution in [0.5, 0.6) is 0 Å². The van der Waals surface area contributed by atoms with E-state index in [9.17, 15) is 0 Å². The minimum atomic E-state index is 0.737. The fourth-order valence-electron chi connectivity index (χ4n) is 1.38. The lowest BCUT2D eigenvalue weighted by molar-refractivity contribution is 0.981. The zero-order valence-electron chi connectivity index (χ0n) is 8.79. The second-order valence-corrected chi connectivity index (χ2v) is 3.71. The summed E-state index contributed by atoms with van der Waals surface area (Å²) in [5.41, 5.74) is 6.90. The first kappa shape index (κ1) is 11.2. The number of benzene rings is 1. The lowest BCUT2D eigenvalue weighted by Gasteiger charge is -1.94. The summed E-state index contributed by atoms with van der Waals surface area (Å²) in [6.07, 6.45) is 0.990. The van der Waals surface area contributed by atoms with E-state index >= 15 is 0 Å². The molecule has 2 N–H and O–H groups in total. The first-order valence-electron chi connectivity index (χ1n) is 5.07. The Balaban J connectivity index is 0.000000461. The topological polar surface area (TPSA) is 26.0 Å². The molecule has 0 aliphatic carbocycles. The monoisotopic (exact) mass is 207 g/mol. The molecule has 0 amide bonds. The van der Waals surface area contributed by atoms with Crippen molar-refractivity contribution in [2.24, 2.45) is 5.73 Å². The largest absolute Gasteiger partial charge is 0.330 e. The van der Waals surface area contributed by atoms with Crippen molar-refractivity contribution in [3.8, 4) is 0 Å². The molecule has 0 saturated heterocycles. The van der Waals surface area contributed by atoms with E-state index in [2.05, 4.69) is 29.6 Å². The predicted octanol–water partition coefficient (Wildman–Crippen LogP) is 3.43. The molecule has 1 aromatic heterocycles. The van der Waals surface area contributed by atoms with Gasteiger partial charge in [0.05, 0.1) is 0 Å². The summed E-state index contributed by atoms with van der Waals surface area (Å²) in [7, 11) is 0. The van der Waals surface area contributed by atoms with Gasteiger partial charge in [-0.2, -0.15) is 0 Å². The summed E-state index contributed by atoms with van der Waals surface area (Å²) in [4.78, 5) is 0. The predicted molar refractivity (Wildman–Crippen MR) is 65.9 cm³/mol. The third-order valence-electron chi connectivity index (χ3n) is 1.97. The maximum atomic E-state index is 5.52. The van der Waals surface area contributed by atoms with Crippen LogP contribution >= 0.6 is 11.3 Å². The standard InChI is InChI=1S/C10H11NS.C2H6/c11-6-5-8-7-12-10-4-2-1-3-9(8)10;1-2/h1-4,7H,5-6,11H2;1-2H3. The van der Waals surface area contributed by atoms with E-state index < -0.39 is 0 Å². The Bertz CT molecular complexity index is 378. The molecule has 0 radical (unpaired) electrons. The first-order valence-corrected chi connectivity index (χ1v) is 5.95. The normalized spacial score (nSPS) is 9.64. The summed E-state index contributed by atoms with van der Waals surface area (Å²) < 4.78 is 1.36. The number of hydrogen-bond donors (Lipinski definition) is 1. The van der Waals surface area contributed by atoms with Gasteiger partial charge in [-0.05, 0) is 35.4 Å². The van der Waals surface area contributed by atoms with Gasteiger partial charge in [0.25, 0.3) is 0 Å². The van der Waals surface area contributed by atoms with Gasteiger partial charge in [0.1, 0.15) is 0 Å². The van der Waals surface area contributed by atoms with Gasteiger partial charge < -0.3 is 5.73 Å². The zero-order chi connectivity index (χ0) is 10.4. The van der Waals surface area contributed by atoms with Gasteiger partial charge in [0.2, 0.25) is 0 Å². The first-order chi connectivity index (χ1) is 6.92. The highest BCUT2D eigenvalue weighted by Gasteiger charge is 2.00. The van der Waals surface area contributed by atoms with Crippen LogP contribution in [0.4, 0.5) is 0 Å². The van der Waals surface area contributed by atoms with Crippen LogP contribution in [-0.4, -0.2) is 6.54 Å². The summed E-state index contributed by atoms with van der Waals surface area (Å²) in [5, 5.41) is 3.57. The quantitative estimate of drug-likeness (QED) is 0.802. The Morgan fingerprint density at radius 2 is 1.93 bits per heavy atom. The van der Waals surface area contributed by atoms with Crippen molar-refractivity contribution < 1.29 is 0 Å². The van der Waals surface area contributed by atoms with Crippen LogP contribution in [0.3, 0.4) is 0 Å². The van der Waals surface area contributed by atoms with Gasteiger partial charge >= 0.3 is 0 Å². The molecule has 2 heteroatoms. The van der Waals surface area contributed by atoms with Crippen molar-refractivity contribution in [3.05, 3.63) is 35.2 Å². The van der Waals surface area contributed by atoms with Gasteiger partial charge in [-0.3, -0.25) is 0 Å². The fourth-order valence-corrected chi connectivity index (χ4v) is 2.38. The van der Waals surface area contributed by atoms with Gasteiger partial charge in [0.15, 0.2) is 0 Å². The molecule has 2 aromatic rings. The average Bonchev–Trinajstić information content (AvgIpc) is 2.66. The summed E-state index contributed by atoms with van der Waals surface area (Å²) in [6, 6.07) is 8.47. The molecule has 14 heavy (non-hydrogen) atoms. The van der Waals surface area contributed by atoms with Crippen molar-refractivity contribution in [2.75, 3.05) is 6.54 Å². The van der Waals surface area contributed by atoms with Crippen LogP contribution < -0.4 is 5.73 Å². The van der Waals surface area contributed by atoms with Crippen molar-refractivity contribution in [2.45, 2.75) is 20.3 Å². The SMILES string of the molecule is CC.NCCc1csc2ccccc12. The lowest BCUT2D eigenvalue weighted by atomic mass is 10.1. The highest BCUT2D eigenvalue weighted by Crippen LogP contribution is 2.25. The molecular formula is C12H17NS. The van der Waals surface area contributed by atoms with Crippen molar-refractivity contribution >= 4 is 21.4 Å². The summed E-state index contributed by atoms with van der Waals surface area (Å²) >= 11 is 1.80. The number of thiophene rings is 1. The molecule has 1 nitrogen and oxygen atoms in total. The summed E-state index contributed by atoms with van der Waals surface area (Å²) in [6.45, 7) is 4.74. The smallest absolute Gasteiger partial charge is 0.0345 e.